The molecule has 0 heterocycles. The first-order chi connectivity index (χ1) is 6.76. The van der Waals surface area contributed by atoms with Gasteiger partial charge in [-0.05, 0) is 38.1 Å². The van der Waals surface area contributed by atoms with E-state index >= 15 is 0 Å². The zero-order chi connectivity index (χ0) is 10.4. The lowest BCUT2D eigenvalue weighted by molar-refractivity contribution is 0.217. The van der Waals surface area contributed by atoms with Gasteiger partial charge in [0.2, 0.25) is 0 Å². The Balaban J connectivity index is 2.54. The van der Waals surface area contributed by atoms with Gasteiger partial charge in [-0.3, -0.25) is 0 Å². The summed E-state index contributed by atoms with van der Waals surface area (Å²) in [6.45, 7) is 5.12. The topological polar surface area (TPSA) is 21.3 Å². The SMILES string of the molecule is CC[C@@H](C)Oc1ccc(CNC)cc1. The Morgan fingerprint density at radius 1 is 1.29 bits per heavy atom. The second-order valence-electron chi connectivity index (χ2n) is 3.51. The van der Waals surface area contributed by atoms with Crippen molar-refractivity contribution in [3.05, 3.63) is 29.8 Å². The highest BCUT2D eigenvalue weighted by Gasteiger charge is 2.00. The predicted octanol–water partition coefficient (Wildman–Crippen LogP) is 2.58. The van der Waals surface area contributed by atoms with Crippen LogP contribution in [0, 0.1) is 0 Å². The van der Waals surface area contributed by atoms with Crippen LogP contribution in [0.15, 0.2) is 24.3 Å². The van der Waals surface area contributed by atoms with E-state index < -0.39 is 0 Å². The fourth-order valence-electron chi connectivity index (χ4n) is 1.21. The Morgan fingerprint density at radius 3 is 2.43 bits per heavy atom. The molecule has 2 heteroatoms. The molecule has 78 valence electrons. The summed E-state index contributed by atoms with van der Waals surface area (Å²) in [7, 11) is 1.95. The van der Waals surface area contributed by atoms with Gasteiger partial charge in [-0.15, -0.1) is 0 Å². The van der Waals surface area contributed by atoms with Crippen LogP contribution in [0.1, 0.15) is 25.8 Å². The Labute approximate surface area is 86.3 Å². The van der Waals surface area contributed by atoms with Gasteiger partial charge in [-0.2, -0.15) is 0 Å². The molecule has 0 radical (unpaired) electrons. The summed E-state index contributed by atoms with van der Waals surface area (Å²) in [4.78, 5) is 0. The summed E-state index contributed by atoms with van der Waals surface area (Å²) >= 11 is 0. The van der Waals surface area contributed by atoms with Crippen LogP contribution in [0.3, 0.4) is 0 Å². The van der Waals surface area contributed by atoms with E-state index in [1.54, 1.807) is 0 Å². The lowest BCUT2D eigenvalue weighted by Gasteiger charge is -2.12. The van der Waals surface area contributed by atoms with E-state index in [0.717, 1.165) is 18.7 Å². The van der Waals surface area contributed by atoms with E-state index in [1.165, 1.54) is 5.56 Å². The standard InChI is InChI=1S/C12H19NO/c1-4-10(2)14-12-7-5-11(6-8-12)9-13-3/h5-8,10,13H,4,9H2,1-3H3/t10-/m1/s1. The number of rotatable bonds is 5. The zero-order valence-corrected chi connectivity index (χ0v) is 9.21. The monoisotopic (exact) mass is 193 g/mol. The van der Waals surface area contributed by atoms with Crippen molar-refractivity contribution in [2.24, 2.45) is 0 Å². The molecule has 0 aliphatic heterocycles. The van der Waals surface area contributed by atoms with Gasteiger partial charge < -0.3 is 10.1 Å². The number of benzene rings is 1. The van der Waals surface area contributed by atoms with Crippen molar-refractivity contribution in [3.8, 4) is 5.75 Å². The molecular formula is C12H19NO. The van der Waals surface area contributed by atoms with E-state index in [9.17, 15) is 0 Å². The molecule has 1 aromatic rings. The highest BCUT2D eigenvalue weighted by atomic mass is 16.5. The normalized spacial score (nSPS) is 12.5. The molecule has 0 aliphatic carbocycles. The second-order valence-corrected chi connectivity index (χ2v) is 3.51. The summed E-state index contributed by atoms with van der Waals surface area (Å²) in [6.07, 6.45) is 1.34. The smallest absolute Gasteiger partial charge is 0.119 e. The van der Waals surface area contributed by atoms with Crippen molar-refractivity contribution in [2.45, 2.75) is 32.9 Å². The largest absolute Gasteiger partial charge is 0.491 e. The minimum Gasteiger partial charge on any atom is -0.491 e. The Kier molecular flexibility index (Phi) is 4.47. The van der Waals surface area contributed by atoms with E-state index in [4.69, 9.17) is 4.74 Å². The summed E-state index contributed by atoms with van der Waals surface area (Å²) in [5, 5.41) is 3.11. The lowest BCUT2D eigenvalue weighted by Crippen LogP contribution is -2.10. The Morgan fingerprint density at radius 2 is 1.93 bits per heavy atom. The molecule has 0 aromatic heterocycles. The molecule has 1 aromatic carbocycles. The molecule has 0 fully saturated rings. The first kappa shape index (κ1) is 11.1. The van der Waals surface area contributed by atoms with Gasteiger partial charge in [-0.1, -0.05) is 19.1 Å². The van der Waals surface area contributed by atoms with Crippen LogP contribution in [0.2, 0.25) is 0 Å². The molecule has 1 atom stereocenters. The molecule has 1 N–H and O–H groups in total. The predicted molar refractivity (Wildman–Crippen MR) is 59.6 cm³/mol. The van der Waals surface area contributed by atoms with Crippen molar-refractivity contribution < 1.29 is 4.74 Å². The van der Waals surface area contributed by atoms with E-state index in [2.05, 4.69) is 31.3 Å². The molecule has 0 saturated heterocycles. The molecule has 0 spiro atoms. The van der Waals surface area contributed by atoms with Crippen LogP contribution in [-0.4, -0.2) is 13.2 Å². The first-order valence-electron chi connectivity index (χ1n) is 5.16. The van der Waals surface area contributed by atoms with Crippen LogP contribution in [0.4, 0.5) is 0 Å². The highest BCUT2D eigenvalue weighted by molar-refractivity contribution is 5.27. The Hall–Kier alpha value is -1.02. The molecule has 2 nitrogen and oxygen atoms in total. The fraction of sp³-hybridized carbons (Fsp3) is 0.500. The average molecular weight is 193 g/mol. The first-order valence-corrected chi connectivity index (χ1v) is 5.16. The maximum atomic E-state index is 5.68. The third-order valence-corrected chi connectivity index (χ3v) is 2.22. The fourth-order valence-corrected chi connectivity index (χ4v) is 1.21. The van der Waals surface area contributed by atoms with Crippen LogP contribution < -0.4 is 10.1 Å². The maximum absolute atomic E-state index is 5.68. The number of ether oxygens (including phenoxy) is 1. The Bertz CT molecular complexity index is 256. The highest BCUT2D eigenvalue weighted by Crippen LogP contribution is 2.14. The van der Waals surface area contributed by atoms with Crippen molar-refractivity contribution in [1.82, 2.24) is 5.32 Å². The summed E-state index contributed by atoms with van der Waals surface area (Å²) in [6, 6.07) is 8.24. The van der Waals surface area contributed by atoms with Gasteiger partial charge in [0.1, 0.15) is 5.75 Å². The molecular weight excluding hydrogens is 174 g/mol. The zero-order valence-electron chi connectivity index (χ0n) is 9.21. The van der Waals surface area contributed by atoms with Gasteiger partial charge in [0.15, 0.2) is 0 Å². The van der Waals surface area contributed by atoms with Crippen molar-refractivity contribution in [1.29, 1.82) is 0 Å². The van der Waals surface area contributed by atoms with E-state index in [0.29, 0.717) is 6.10 Å². The molecule has 14 heavy (non-hydrogen) atoms. The molecule has 0 saturated carbocycles. The van der Waals surface area contributed by atoms with Crippen molar-refractivity contribution in [2.75, 3.05) is 7.05 Å². The molecule has 0 bridgehead atoms. The van der Waals surface area contributed by atoms with Crippen LogP contribution in [-0.2, 0) is 6.54 Å². The summed E-state index contributed by atoms with van der Waals surface area (Å²) in [5.74, 6) is 0.958. The van der Waals surface area contributed by atoms with E-state index in [-0.39, 0.29) is 0 Å². The molecule has 0 aliphatic rings. The minimum atomic E-state index is 0.296. The van der Waals surface area contributed by atoms with Crippen molar-refractivity contribution >= 4 is 0 Å². The number of hydrogen-bond acceptors (Lipinski definition) is 2. The summed E-state index contributed by atoms with van der Waals surface area (Å²) < 4.78 is 5.68. The number of hydrogen-bond donors (Lipinski definition) is 1. The molecule has 1 rings (SSSR count). The van der Waals surface area contributed by atoms with Gasteiger partial charge in [0.05, 0.1) is 6.10 Å². The third kappa shape index (κ3) is 3.38. The van der Waals surface area contributed by atoms with Crippen molar-refractivity contribution in [3.63, 3.8) is 0 Å². The van der Waals surface area contributed by atoms with Crippen LogP contribution in [0.5, 0.6) is 5.75 Å². The quantitative estimate of drug-likeness (QED) is 0.776. The molecule has 0 unspecified atom stereocenters. The van der Waals surface area contributed by atoms with Crippen LogP contribution >= 0.6 is 0 Å². The third-order valence-electron chi connectivity index (χ3n) is 2.22. The second kappa shape index (κ2) is 5.66. The lowest BCUT2D eigenvalue weighted by atomic mass is 10.2. The van der Waals surface area contributed by atoms with Gasteiger partial charge in [0, 0.05) is 6.54 Å². The van der Waals surface area contributed by atoms with Crippen LogP contribution in [0.25, 0.3) is 0 Å². The summed E-state index contributed by atoms with van der Waals surface area (Å²) in [5.41, 5.74) is 1.28. The minimum absolute atomic E-state index is 0.296. The van der Waals surface area contributed by atoms with Gasteiger partial charge in [-0.25, -0.2) is 0 Å². The van der Waals surface area contributed by atoms with E-state index in [1.807, 2.05) is 19.2 Å². The number of nitrogens with one attached hydrogen (secondary N) is 1. The maximum Gasteiger partial charge on any atom is 0.119 e. The van der Waals surface area contributed by atoms with Gasteiger partial charge >= 0.3 is 0 Å². The molecule has 0 amide bonds. The average Bonchev–Trinajstić information content (AvgIpc) is 2.21. The van der Waals surface area contributed by atoms with Gasteiger partial charge in [0.25, 0.3) is 0 Å².